The Morgan fingerprint density at radius 2 is 1.74 bits per heavy atom. The number of aryl methyl sites for hydroxylation is 1. The largest absolute Gasteiger partial charge is 0.384 e. The fourth-order valence-corrected chi connectivity index (χ4v) is 5.21. The molecule has 2 saturated heterocycles. The van der Waals surface area contributed by atoms with Crippen LogP contribution in [-0.2, 0) is 5.60 Å². The Labute approximate surface area is 198 Å². The fourth-order valence-electron chi connectivity index (χ4n) is 5.21. The van der Waals surface area contributed by atoms with E-state index < -0.39 is 11.4 Å². The van der Waals surface area contributed by atoms with Gasteiger partial charge in [-0.25, -0.2) is 9.37 Å². The van der Waals surface area contributed by atoms with Gasteiger partial charge in [0.25, 0.3) is 5.91 Å². The van der Waals surface area contributed by atoms with Crippen LogP contribution in [0.15, 0.2) is 36.7 Å². The molecule has 9 heteroatoms. The van der Waals surface area contributed by atoms with Gasteiger partial charge in [0.2, 0.25) is 0 Å². The highest BCUT2D eigenvalue weighted by molar-refractivity contribution is 5.98. The highest BCUT2D eigenvalue weighted by Gasteiger charge is 2.43. The lowest BCUT2D eigenvalue weighted by atomic mass is 9.97. The lowest BCUT2D eigenvalue weighted by Gasteiger charge is -2.26. The van der Waals surface area contributed by atoms with E-state index in [1.807, 2.05) is 13.8 Å². The summed E-state index contributed by atoms with van der Waals surface area (Å²) in [5.41, 5.74) is 2.10. The number of hydrogen-bond donors (Lipinski definition) is 1. The summed E-state index contributed by atoms with van der Waals surface area (Å²) in [4.78, 5) is 23.4. The summed E-state index contributed by atoms with van der Waals surface area (Å²) in [5.74, 6) is 0.498. The van der Waals surface area contributed by atoms with Crippen molar-refractivity contribution in [2.75, 3.05) is 31.1 Å². The zero-order valence-electron chi connectivity index (χ0n) is 19.9. The summed E-state index contributed by atoms with van der Waals surface area (Å²) < 4.78 is 14.8. The Balaban J connectivity index is 1.35. The molecular formula is C25H29FN6O2. The number of hydrogen-bond acceptors (Lipinski definition) is 6. The molecule has 0 radical (unpaired) electrons. The number of likely N-dealkylation sites (tertiary alicyclic amines) is 1. The first kappa shape index (κ1) is 22.5. The Hall–Kier alpha value is -3.33. The molecule has 178 valence electrons. The van der Waals surface area contributed by atoms with E-state index in [4.69, 9.17) is 4.98 Å². The van der Waals surface area contributed by atoms with Crippen LogP contribution in [-0.4, -0.2) is 62.1 Å². The average molecular weight is 465 g/mol. The minimum absolute atomic E-state index is 0.00109. The Kier molecular flexibility index (Phi) is 5.39. The van der Waals surface area contributed by atoms with E-state index >= 15 is 0 Å². The van der Waals surface area contributed by atoms with Gasteiger partial charge in [0.15, 0.2) is 0 Å². The second kappa shape index (κ2) is 8.16. The minimum Gasteiger partial charge on any atom is -0.384 e. The van der Waals surface area contributed by atoms with Gasteiger partial charge in [0.05, 0.1) is 18.1 Å². The molecule has 2 atom stereocenters. The standard InChI is InChI=1S/C25H29FN6O2/c1-15-10-21(29-23(16(15)2)25(3,4)34)30-11-17-13-31(14-18(17)12-30)24(33)22-19(26)6-5-7-20(22)32-27-8-9-28-32/h5-10,17-18,34H,11-14H2,1-4H3/t17-,18+. The number of pyridine rings is 1. The number of fused-ring (bicyclic) bond motifs is 1. The van der Waals surface area contributed by atoms with E-state index in [0.29, 0.717) is 24.5 Å². The minimum atomic E-state index is -1.02. The monoisotopic (exact) mass is 464 g/mol. The van der Waals surface area contributed by atoms with Crippen molar-refractivity contribution < 1.29 is 14.3 Å². The van der Waals surface area contributed by atoms with Crippen LogP contribution >= 0.6 is 0 Å². The van der Waals surface area contributed by atoms with Gasteiger partial charge in [-0.3, -0.25) is 4.79 Å². The number of amides is 1. The van der Waals surface area contributed by atoms with Crippen LogP contribution in [0.3, 0.4) is 0 Å². The molecule has 0 aliphatic carbocycles. The number of benzene rings is 1. The van der Waals surface area contributed by atoms with Gasteiger partial charge in [-0.15, -0.1) is 0 Å². The summed E-state index contributed by atoms with van der Waals surface area (Å²) in [6.07, 6.45) is 3.00. The third-order valence-electron chi connectivity index (χ3n) is 7.04. The number of anilines is 1. The summed E-state index contributed by atoms with van der Waals surface area (Å²) >= 11 is 0. The first-order valence-electron chi connectivity index (χ1n) is 11.5. The smallest absolute Gasteiger partial charge is 0.259 e. The van der Waals surface area contributed by atoms with E-state index in [1.165, 1.54) is 23.3 Å². The Bertz CT molecular complexity index is 1220. The van der Waals surface area contributed by atoms with Gasteiger partial charge < -0.3 is 14.9 Å². The molecule has 1 aromatic carbocycles. The van der Waals surface area contributed by atoms with Gasteiger partial charge in [-0.2, -0.15) is 15.0 Å². The van der Waals surface area contributed by atoms with Crippen LogP contribution in [0.4, 0.5) is 10.2 Å². The van der Waals surface area contributed by atoms with E-state index in [9.17, 15) is 14.3 Å². The number of carbonyl (C=O) groups excluding carboxylic acids is 1. The first-order chi connectivity index (χ1) is 16.1. The maximum atomic E-state index is 14.8. The molecule has 2 aromatic heterocycles. The molecule has 0 unspecified atom stereocenters. The van der Waals surface area contributed by atoms with E-state index in [0.717, 1.165) is 30.0 Å². The van der Waals surface area contributed by atoms with Crippen molar-refractivity contribution in [1.29, 1.82) is 0 Å². The van der Waals surface area contributed by atoms with Gasteiger partial charge in [-0.1, -0.05) is 6.07 Å². The van der Waals surface area contributed by atoms with Crippen molar-refractivity contribution in [2.45, 2.75) is 33.3 Å². The maximum Gasteiger partial charge on any atom is 0.259 e. The number of rotatable bonds is 4. The lowest BCUT2D eigenvalue weighted by Crippen LogP contribution is -2.35. The highest BCUT2D eigenvalue weighted by Crippen LogP contribution is 2.36. The van der Waals surface area contributed by atoms with Gasteiger partial charge in [-0.05, 0) is 57.0 Å². The second-order valence-electron chi connectivity index (χ2n) is 9.92. The van der Waals surface area contributed by atoms with Gasteiger partial charge in [0, 0.05) is 38.0 Å². The average Bonchev–Trinajstić information content (AvgIpc) is 3.50. The van der Waals surface area contributed by atoms with E-state index in [-0.39, 0.29) is 23.3 Å². The summed E-state index contributed by atoms with van der Waals surface area (Å²) in [5, 5.41) is 18.7. The molecule has 0 saturated carbocycles. The summed E-state index contributed by atoms with van der Waals surface area (Å²) in [7, 11) is 0. The van der Waals surface area contributed by atoms with Crippen molar-refractivity contribution in [3.05, 3.63) is 64.9 Å². The number of aliphatic hydroxyl groups is 1. The molecule has 0 spiro atoms. The summed E-state index contributed by atoms with van der Waals surface area (Å²) in [6, 6.07) is 6.57. The van der Waals surface area contributed by atoms with Crippen molar-refractivity contribution in [3.63, 3.8) is 0 Å². The van der Waals surface area contributed by atoms with Crippen molar-refractivity contribution in [3.8, 4) is 5.69 Å². The lowest BCUT2D eigenvalue weighted by molar-refractivity contribution is 0.0729. The number of aromatic nitrogens is 4. The van der Waals surface area contributed by atoms with Crippen LogP contribution < -0.4 is 4.90 Å². The molecule has 1 amide bonds. The van der Waals surface area contributed by atoms with Gasteiger partial charge in [0.1, 0.15) is 28.5 Å². The van der Waals surface area contributed by atoms with Crippen LogP contribution in [0, 0.1) is 31.5 Å². The predicted molar refractivity (Wildman–Crippen MR) is 125 cm³/mol. The van der Waals surface area contributed by atoms with Gasteiger partial charge >= 0.3 is 0 Å². The molecule has 4 heterocycles. The van der Waals surface area contributed by atoms with E-state index in [1.54, 1.807) is 30.9 Å². The molecule has 1 N–H and O–H groups in total. The predicted octanol–water partition coefficient (Wildman–Crippen LogP) is 2.85. The van der Waals surface area contributed by atoms with Crippen molar-refractivity contribution >= 4 is 11.7 Å². The highest BCUT2D eigenvalue weighted by atomic mass is 19.1. The number of nitrogens with zero attached hydrogens (tertiary/aromatic N) is 6. The zero-order chi connectivity index (χ0) is 24.2. The quantitative estimate of drug-likeness (QED) is 0.639. The molecule has 2 aliphatic heterocycles. The van der Waals surface area contributed by atoms with Crippen LogP contribution in [0.5, 0.6) is 0 Å². The van der Waals surface area contributed by atoms with E-state index in [2.05, 4.69) is 21.2 Å². The van der Waals surface area contributed by atoms with Crippen molar-refractivity contribution in [2.24, 2.45) is 11.8 Å². The maximum absolute atomic E-state index is 14.8. The topological polar surface area (TPSA) is 87.4 Å². The summed E-state index contributed by atoms with van der Waals surface area (Å²) in [6.45, 7) is 10.2. The molecular weight excluding hydrogens is 435 g/mol. The third-order valence-corrected chi connectivity index (χ3v) is 7.04. The number of carbonyl (C=O) groups is 1. The SMILES string of the molecule is Cc1cc(N2C[C@H]3CN(C(=O)c4c(F)cccc4-n4nccn4)C[C@H]3C2)nc(C(C)(C)O)c1C. The normalized spacial score (nSPS) is 20.2. The molecule has 2 fully saturated rings. The second-order valence-corrected chi connectivity index (χ2v) is 9.92. The van der Waals surface area contributed by atoms with Crippen LogP contribution in [0.25, 0.3) is 5.69 Å². The molecule has 8 nitrogen and oxygen atoms in total. The molecule has 34 heavy (non-hydrogen) atoms. The van der Waals surface area contributed by atoms with Crippen LogP contribution in [0.1, 0.15) is 41.0 Å². The van der Waals surface area contributed by atoms with Crippen molar-refractivity contribution in [1.82, 2.24) is 24.9 Å². The molecule has 2 aliphatic rings. The molecule has 0 bridgehead atoms. The molecule has 5 rings (SSSR count). The zero-order valence-corrected chi connectivity index (χ0v) is 19.9. The molecule has 3 aromatic rings. The fraction of sp³-hybridized carbons (Fsp3) is 0.440. The Morgan fingerprint density at radius 1 is 1.09 bits per heavy atom. The first-order valence-corrected chi connectivity index (χ1v) is 11.5. The Morgan fingerprint density at radius 3 is 2.35 bits per heavy atom. The number of halogens is 1. The third kappa shape index (κ3) is 3.83. The van der Waals surface area contributed by atoms with Crippen LogP contribution in [0.2, 0.25) is 0 Å².